The Kier molecular flexibility index (Phi) is 7.03. The Labute approximate surface area is 204 Å². The molecule has 0 bridgehead atoms. The zero-order valence-corrected chi connectivity index (χ0v) is 19.7. The number of benzene rings is 4. The Morgan fingerprint density at radius 1 is 0.714 bits per heavy atom. The van der Waals surface area contributed by atoms with E-state index in [1.54, 1.807) is 13.2 Å². The van der Waals surface area contributed by atoms with Crippen LogP contribution in [0, 0.1) is 0 Å². The predicted octanol–water partition coefficient (Wildman–Crippen LogP) is 7.02. The first-order chi connectivity index (χ1) is 17.2. The van der Waals surface area contributed by atoms with Crippen LogP contribution in [0.25, 0.3) is 21.9 Å². The third-order valence-corrected chi connectivity index (χ3v) is 6.41. The molecule has 5 rings (SSSR count). The Morgan fingerprint density at radius 3 is 2.06 bits per heavy atom. The highest BCUT2D eigenvalue weighted by molar-refractivity contribution is 5.89. The Balaban J connectivity index is 1.36. The molecule has 2 unspecified atom stereocenters. The van der Waals surface area contributed by atoms with Crippen LogP contribution in [0.3, 0.4) is 0 Å². The van der Waals surface area contributed by atoms with E-state index >= 15 is 0 Å². The minimum atomic E-state index is -0.134. The van der Waals surface area contributed by atoms with Crippen LogP contribution in [0.5, 0.6) is 0 Å². The fraction of sp³-hybridized carbons (Fsp3) is 0.194. The minimum absolute atomic E-state index is 0.00501. The van der Waals surface area contributed by atoms with Crippen LogP contribution < -0.4 is 5.43 Å². The molecule has 4 heteroatoms. The fourth-order valence-electron chi connectivity index (χ4n) is 4.48. The Morgan fingerprint density at radius 2 is 1.34 bits per heavy atom. The van der Waals surface area contributed by atoms with E-state index in [1.807, 2.05) is 72.8 Å². The predicted molar refractivity (Wildman–Crippen MR) is 140 cm³/mol. The van der Waals surface area contributed by atoms with E-state index in [4.69, 9.17) is 13.9 Å². The van der Waals surface area contributed by atoms with E-state index in [0.717, 1.165) is 29.5 Å². The highest BCUT2D eigenvalue weighted by Gasteiger charge is 2.17. The monoisotopic (exact) mass is 464 g/mol. The molecule has 5 aromatic rings. The number of aryl methyl sites for hydroxylation is 1. The van der Waals surface area contributed by atoms with Crippen molar-refractivity contribution < 1.29 is 13.9 Å². The smallest absolute Gasteiger partial charge is 0.200 e. The molecule has 4 aromatic carbocycles. The molecule has 35 heavy (non-hydrogen) atoms. The minimum Gasteiger partial charge on any atom is -0.456 e. The quantitative estimate of drug-likeness (QED) is 0.220. The summed E-state index contributed by atoms with van der Waals surface area (Å²) in [4.78, 5) is 12.9. The van der Waals surface area contributed by atoms with Gasteiger partial charge in [0.2, 0.25) is 5.43 Å². The third-order valence-electron chi connectivity index (χ3n) is 6.41. The summed E-state index contributed by atoms with van der Waals surface area (Å²) in [6.07, 6.45) is 1.36. The molecule has 176 valence electrons. The van der Waals surface area contributed by atoms with Gasteiger partial charge in [0.25, 0.3) is 0 Å². The summed E-state index contributed by atoms with van der Waals surface area (Å²) in [7, 11) is 1.71. The van der Waals surface area contributed by atoms with Crippen LogP contribution in [0.1, 0.15) is 35.3 Å². The van der Waals surface area contributed by atoms with Crippen molar-refractivity contribution in [3.8, 4) is 0 Å². The topological polar surface area (TPSA) is 48.7 Å². The highest BCUT2D eigenvalue weighted by Crippen LogP contribution is 2.27. The molecule has 1 aromatic heterocycles. The molecule has 1 heterocycles. The zero-order chi connectivity index (χ0) is 24.0. The Hall–Kier alpha value is -3.73. The van der Waals surface area contributed by atoms with Crippen LogP contribution in [0.15, 0.2) is 112 Å². The lowest BCUT2D eigenvalue weighted by Crippen LogP contribution is -2.14. The zero-order valence-electron chi connectivity index (χ0n) is 19.7. The van der Waals surface area contributed by atoms with Crippen molar-refractivity contribution in [1.82, 2.24) is 0 Å². The van der Waals surface area contributed by atoms with E-state index in [2.05, 4.69) is 24.3 Å². The average Bonchev–Trinajstić information content (AvgIpc) is 2.92. The highest BCUT2D eigenvalue weighted by atomic mass is 16.5. The van der Waals surface area contributed by atoms with Gasteiger partial charge in [-0.15, -0.1) is 0 Å². The summed E-state index contributed by atoms with van der Waals surface area (Å²) in [6, 6.07) is 33.7. The van der Waals surface area contributed by atoms with Crippen LogP contribution in [-0.4, -0.2) is 13.7 Å². The summed E-state index contributed by atoms with van der Waals surface area (Å²) < 4.78 is 18.2. The molecule has 4 nitrogen and oxygen atoms in total. The second kappa shape index (κ2) is 10.7. The molecule has 0 saturated heterocycles. The van der Waals surface area contributed by atoms with E-state index in [-0.39, 0.29) is 17.6 Å². The molecule has 0 aliphatic rings. The van der Waals surface area contributed by atoms with Crippen molar-refractivity contribution in [1.29, 1.82) is 0 Å². The van der Waals surface area contributed by atoms with Crippen molar-refractivity contribution in [2.75, 3.05) is 13.7 Å². The van der Waals surface area contributed by atoms with E-state index in [9.17, 15) is 4.79 Å². The molecular formula is C31H28O4. The van der Waals surface area contributed by atoms with Crippen LogP contribution in [0.2, 0.25) is 0 Å². The van der Waals surface area contributed by atoms with Crippen molar-refractivity contribution >= 4 is 21.9 Å². The van der Waals surface area contributed by atoms with Gasteiger partial charge in [0.1, 0.15) is 17.3 Å². The molecular weight excluding hydrogens is 436 g/mol. The van der Waals surface area contributed by atoms with Crippen molar-refractivity contribution in [2.45, 2.75) is 25.0 Å². The summed E-state index contributed by atoms with van der Waals surface area (Å²) in [5, 5.41) is 1.21. The van der Waals surface area contributed by atoms with Crippen LogP contribution in [0.4, 0.5) is 0 Å². The molecule has 0 spiro atoms. The van der Waals surface area contributed by atoms with Gasteiger partial charge in [-0.1, -0.05) is 78.9 Å². The standard InChI is InChI=1S/C31H28O4/c1-33-30(24-12-6-3-7-13-24)21-34-27(23-10-4-2-5-11-23)19-17-22-16-18-26-29(20-22)35-28-15-9-8-14-25(28)31(26)32/h2-16,18,20,27,30H,17,19,21H2,1H3. The van der Waals surface area contributed by atoms with Gasteiger partial charge < -0.3 is 13.9 Å². The normalized spacial score (nSPS) is 13.2. The molecule has 0 aliphatic heterocycles. The summed E-state index contributed by atoms with van der Waals surface area (Å²) in [6.45, 7) is 0.457. The number of para-hydroxylation sites is 1. The van der Waals surface area contributed by atoms with E-state index in [0.29, 0.717) is 28.5 Å². The van der Waals surface area contributed by atoms with Crippen molar-refractivity contribution in [2.24, 2.45) is 0 Å². The number of fused-ring (bicyclic) bond motifs is 2. The van der Waals surface area contributed by atoms with Crippen LogP contribution in [-0.2, 0) is 15.9 Å². The second-order valence-electron chi connectivity index (χ2n) is 8.66. The van der Waals surface area contributed by atoms with E-state index < -0.39 is 0 Å². The lowest BCUT2D eigenvalue weighted by Gasteiger charge is -2.22. The number of hydrogen-bond donors (Lipinski definition) is 0. The van der Waals surface area contributed by atoms with Gasteiger partial charge in [0.15, 0.2) is 0 Å². The third kappa shape index (κ3) is 5.19. The van der Waals surface area contributed by atoms with E-state index in [1.165, 1.54) is 0 Å². The summed E-state index contributed by atoms with van der Waals surface area (Å²) >= 11 is 0. The average molecular weight is 465 g/mol. The first kappa shape index (κ1) is 23.0. The first-order valence-corrected chi connectivity index (χ1v) is 11.9. The molecule has 2 atom stereocenters. The number of methoxy groups -OCH3 is 1. The molecule has 0 aliphatic carbocycles. The van der Waals surface area contributed by atoms with Gasteiger partial charge in [-0.25, -0.2) is 0 Å². The van der Waals surface area contributed by atoms with Gasteiger partial charge in [-0.05, 0) is 53.8 Å². The lowest BCUT2D eigenvalue weighted by molar-refractivity contribution is -0.0324. The number of rotatable bonds is 9. The number of ether oxygens (including phenoxy) is 2. The summed E-state index contributed by atoms with van der Waals surface area (Å²) in [5.74, 6) is 0. The van der Waals surface area contributed by atoms with Gasteiger partial charge in [-0.3, -0.25) is 4.79 Å². The van der Waals surface area contributed by atoms with Gasteiger partial charge in [0.05, 0.1) is 23.5 Å². The maximum absolute atomic E-state index is 12.9. The van der Waals surface area contributed by atoms with Crippen molar-refractivity contribution in [3.05, 3.63) is 130 Å². The Bertz CT molecular complexity index is 1460. The lowest BCUT2D eigenvalue weighted by atomic mass is 10.00. The van der Waals surface area contributed by atoms with Gasteiger partial charge >= 0.3 is 0 Å². The fourth-order valence-corrected chi connectivity index (χ4v) is 4.48. The number of hydrogen-bond acceptors (Lipinski definition) is 4. The molecule has 0 fully saturated rings. The second-order valence-corrected chi connectivity index (χ2v) is 8.66. The molecule has 0 radical (unpaired) electrons. The SMILES string of the molecule is COC(COC(CCc1ccc2c(=O)c3ccccc3oc2c1)c1ccccc1)c1ccccc1. The van der Waals surface area contributed by atoms with Gasteiger partial charge in [0, 0.05) is 7.11 Å². The first-order valence-electron chi connectivity index (χ1n) is 11.9. The summed E-state index contributed by atoms with van der Waals surface area (Å²) in [5.41, 5.74) is 4.57. The van der Waals surface area contributed by atoms with Gasteiger partial charge in [-0.2, -0.15) is 0 Å². The molecule has 0 amide bonds. The molecule has 0 N–H and O–H groups in total. The molecule has 0 saturated carbocycles. The van der Waals surface area contributed by atoms with Crippen molar-refractivity contribution in [3.63, 3.8) is 0 Å². The van der Waals surface area contributed by atoms with Crippen LogP contribution >= 0.6 is 0 Å². The maximum Gasteiger partial charge on any atom is 0.200 e. The largest absolute Gasteiger partial charge is 0.456 e. The maximum atomic E-state index is 12.9.